The van der Waals surface area contributed by atoms with E-state index < -0.39 is 0 Å². The molecule has 1 aromatic heterocycles. The van der Waals surface area contributed by atoms with E-state index in [0.717, 1.165) is 64.2 Å². The number of ether oxygens (including phenoxy) is 1. The van der Waals surface area contributed by atoms with Crippen molar-refractivity contribution in [2.45, 2.75) is 26.5 Å². The monoisotopic (exact) mass is 550 g/mol. The molecule has 2 saturated heterocycles. The molecule has 0 saturated carbocycles. The summed E-state index contributed by atoms with van der Waals surface area (Å²) < 4.78 is 5.66. The molecular weight excluding hydrogens is 515 g/mol. The zero-order chi connectivity index (χ0) is 21.5. The van der Waals surface area contributed by atoms with Gasteiger partial charge in [-0.25, -0.2) is 9.98 Å². The molecule has 8 heteroatoms. The number of aliphatic imine (C=N–C) groups is 1. The second-order valence-corrected chi connectivity index (χ2v) is 8.13. The molecule has 2 fully saturated rings. The minimum Gasteiger partial charge on any atom is -0.375 e. The van der Waals surface area contributed by atoms with Gasteiger partial charge in [-0.2, -0.15) is 0 Å². The molecule has 2 aliphatic rings. The fourth-order valence-corrected chi connectivity index (χ4v) is 4.17. The first-order chi connectivity index (χ1) is 15.2. The predicted molar refractivity (Wildman–Crippen MR) is 142 cm³/mol. The normalized spacial score (nSPS) is 19.5. The summed E-state index contributed by atoms with van der Waals surface area (Å²) in [6.45, 7) is 12.2. The number of hydrogen-bond acceptors (Lipinski definition) is 5. The molecular formula is C24H35IN6O. The molecule has 2 aliphatic heterocycles. The van der Waals surface area contributed by atoms with Crippen LogP contribution < -0.4 is 15.1 Å². The number of nitrogens with zero attached hydrogens (tertiary/aromatic N) is 5. The van der Waals surface area contributed by atoms with E-state index in [1.165, 1.54) is 11.3 Å². The summed E-state index contributed by atoms with van der Waals surface area (Å²) in [5.41, 5.74) is 2.48. The SMILES string of the molecule is CCNC(=NCc1ccnc(N2CCOC(C)C2)c1)N1CCN(c2ccccc2)CC1.I. The quantitative estimate of drug-likeness (QED) is 0.351. The molecule has 3 heterocycles. The third-order valence-corrected chi connectivity index (χ3v) is 5.82. The molecule has 0 spiro atoms. The van der Waals surface area contributed by atoms with Crippen LogP contribution in [0.5, 0.6) is 0 Å². The number of aromatic nitrogens is 1. The summed E-state index contributed by atoms with van der Waals surface area (Å²) in [6, 6.07) is 14.9. The van der Waals surface area contributed by atoms with E-state index in [4.69, 9.17) is 9.73 Å². The smallest absolute Gasteiger partial charge is 0.194 e. The first-order valence-electron chi connectivity index (χ1n) is 11.4. The van der Waals surface area contributed by atoms with Gasteiger partial charge in [0.2, 0.25) is 0 Å². The van der Waals surface area contributed by atoms with Crippen molar-refractivity contribution in [2.24, 2.45) is 4.99 Å². The highest BCUT2D eigenvalue weighted by molar-refractivity contribution is 14.0. The Bertz CT molecular complexity index is 857. The van der Waals surface area contributed by atoms with Crippen molar-refractivity contribution < 1.29 is 4.74 Å². The van der Waals surface area contributed by atoms with E-state index in [9.17, 15) is 0 Å². The van der Waals surface area contributed by atoms with E-state index in [1.54, 1.807) is 0 Å². The number of morpholine rings is 1. The summed E-state index contributed by atoms with van der Waals surface area (Å²) in [6.07, 6.45) is 2.14. The van der Waals surface area contributed by atoms with Gasteiger partial charge in [0.25, 0.3) is 0 Å². The van der Waals surface area contributed by atoms with Gasteiger partial charge in [-0.15, -0.1) is 24.0 Å². The van der Waals surface area contributed by atoms with Crippen molar-refractivity contribution >= 4 is 41.4 Å². The minimum absolute atomic E-state index is 0. The van der Waals surface area contributed by atoms with Crippen LogP contribution in [0.15, 0.2) is 53.7 Å². The number of anilines is 2. The van der Waals surface area contributed by atoms with Crippen molar-refractivity contribution in [1.29, 1.82) is 0 Å². The van der Waals surface area contributed by atoms with Gasteiger partial charge < -0.3 is 24.8 Å². The maximum Gasteiger partial charge on any atom is 0.194 e. The third kappa shape index (κ3) is 6.48. The largest absolute Gasteiger partial charge is 0.375 e. The molecule has 2 aromatic rings. The number of halogens is 1. The van der Waals surface area contributed by atoms with Crippen LogP contribution in [0.4, 0.5) is 11.5 Å². The number of hydrogen-bond donors (Lipinski definition) is 1. The van der Waals surface area contributed by atoms with Gasteiger partial charge in [-0.1, -0.05) is 18.2 Å². The van der Waals surface area contributed by atoms with Crippen molar-refractivity contribution in [3.05, 3.63) is 54.2 Å². The van der Waals surface area contributed by atoms with Crippen LogP contribution in [0.2, 0.25) is 0 Å². The second kappa shape index (κ2) is 12.2. The summed E-state index contributed by atoms with van der Waals surface area (Å²) in [7, 11) is 0. The fraction of sp³-hybridized carbons (Fsp3) is 0.500. The molecule has 0 radical (unpaired) electrons. The number of piperazine rings is 1. The molecule has 4 rings (SSSR count). The van der Waals surface area contributed by atoms with E-state index in [-0.39, 0.29) is 30.1 Å². The lowest BCUT2D eigenvalue weighted by molar-refractivity contribution is 0.0529. The Morgan fingerprint density at radius 1 is 1.09 bits per heavy atom. The highest BCUT2D eigenvalue weighted by Crippen LogP contribution is 2.18. The van der Waals surface area contributed by atoms with Crippen LogP contribution in [-0.4, -0.2) is 74.4 Å². The molecule has 7 nitrogen and oxygen atoms in total. The number of benzene rings is 1. The fourth-order valence-electron chi connectivity index (χ4n) is 4.17. The maximum absolute atomic E-state index is 5.66. The van der Waals surface area contributed by atoms with Crippen LogP contribution in [0.1, 0.15) is 19.4 Å². The van der Waals surface area contributed by atoms with E-state index in [2.05, 4.69) is 81.3 Å². The standard InChI is InChI=1S/C24H34N6O.HI/c1-3-25-24(29-13-11-28(12-14-29)22-7-5-4-6-8-22)27-18-21-9-10-26-23(17-21)30-15-16-31-20(2)19-30;/h4-10,17,20H,3,11-16,18-19H2,1-2H3,(H,25,27);1H. The van der Waals surface area contributed by atoms with Gasteiger partial charge in [0.05, 0.1) is 19.3 Å². The average Bonchev–Trinajstić information content (AvgIpc) is 2.83. The lowest BCUT2D eigenvalue weighted by Crippen LogP contribution is -2.52. The van der Waals surface area contributed by atoms with E-state index in [1.807, 2.05) is 6.20 Å². The van der Waals surface area contributed by atoms with Crippen LogP contribution in [-0.2, 0) is 11.3 Å². The number of nitrogens with one attached hydrogen (secondary N) is 1. The van der Waals surface area contributed by atoms with Crippen molar-refractivity contribution in [2.75, 3.05) is 62.2 Å². The van der Waals surface area contributed by atoms with E-state index in [0.29, 0.717) is 6.54 Å². The van der Waals surface area contributed by atoms with E-state index >= 15 is 0 Å². The Balaban J connectivity index is 0.00000289. The van der Waals surface area contributed by atoms with Gasteiger partial charge in [0.1, 0.15) is 5.82 Å². The number of guanidine groups is 1. The van der Waals surface area contributed by atoms with Gasteiger partial charge in [-0.05, 0) is 43.7 Å². The topological polar surface area (TPSA) is 56.2 Å². The molecule has 1 aromatic carbocycles. The van der Waals surface area contributed by atoms with Crippen molar-refractivity contribution in [3.8, 4) is 0 Å². The summed E-state index contributed by atoms with van der Waals surface area (Å²) in [5, 5.41) is 3.48. The Hall–Kier alpha value is -2.07. The van der Waals surface area contributed by atoms with Crippen LogP contribution in [0, 0.1) is 0 Å². The molecule has 0 bridgehead atoms. The Morgan fingerprint density at radius 3 is 2.59 bits per heavy atom. The Kier molecular flexibility index (Phi) is 9.40. The van der Waals surface area contributed by atoms with Crippen LogP contribution in [0.25, 0.3) is 0 Å². The first kappa shape index (κ1) is 24.6. The highest BCUT2D eigenvalue weighted by Gasteiger charge is 2.20. The predicted octanol–water partition coefficient (Wildman–Crippen LogP) is 3.21. The van der Waals surface area contributed by atoms with Crippen molar-refractivity contribution in [1.82, 2.24) is 15.2 Å². The zero-order valence-corrected chi connectivity index (χ0v) is 21.4. The first-order valence-corrected chi connectivity index (χ1v) is 11.4. The third-order valence-electron chi connectivity index (χ3n) is 5.82. The van der Waals surface area contributed by atoms with Gasteiger partial charge in [-0.3, -0.25) is 0 Å². The van der Waals surface area contributed by atoms with Crippen molar-refractivity contribution in [3.63, 3.8) is 0 Å². The molecule has 174 valence electrons. The lowest BCUT2D eigenvalue weighted by Gasteiger charge is -2.37. The summed E-state index contributed by atoms with van der Waals surface area (Å²) in [4.78, 5) is 16.6. The molecule has 0 aliphatic carbocycles. The number of para-hydroxylation sites is 1. The minimum atomic E-state index is 0. The molecule has 0 amide bonds. The maximum atomic E-state index is 5.66. The Morgan fingerprint density at radius 2 is 1.88 bits per heavy atom. The van der Waals surface area contributed by atoms with Crippen LogP contribution >= 0.6 is 24.0 Å². The Labute approximate surface area is 208 Å². The van der Waals surface area contributed by atoms with Gasteiger partial charge in [0.15, 0.2) is 5.96 Å². The van der Waals surface area contributed by atoms with Gasteiger partial charge >= 0.3 is 0 Å². The number of rotatable bonds is 5. The van der Waals surface area contributed by atoms with Crippen LogP contribution in [0.3, 0.4) is 0 Å². The lowest BCUT2D eigenvalue weighted by atomic mass is 10.2. The molecule has 1 N–H and O–H groups in total. The average molecular weight is 550 g/mol. The summed E-state index contributed by atoms with van der Waals surface area (Å²) in [5.74, 6) is 2.01. The second-order valence-electron chi connectivity index (χ2n) is 8.13. The highest BCUT2D eigenvalue weighted by atomic mass is 127. The summed E-state index contributed by atoms with van der Waals surface area (Å²) >= 11 is 0. The van der Waals surface area contributed by atoms with Gasteiger partial charge in [0, 0.05) is 57.7 Å². The number of pyridine rings is 1. The molecule has 1 atom stereocenters. The molecule has 32 heavy (non-hydrogen) atoms. The zero-order valence-electron chi connectivity index (χ0n) is 19.1. The molecule has 1 unspecified atom stereocenters.